The fraction of sp³-hybridized carbons (Fsp3) is 0.754. The van der Waals surface area contributed by atoms with E-state index in [1.807, 2.05) is 0 Å². The molecule has 0 aliphatic heterocycles. The van der Waals surface area contributed by atoms with Gasteiger partial charge in [0.1, 0.15) is 13.2 Å². The molecule has 6 nitrogen and oxygen atoms in total. The van der Waals surface area contributed by atoms with Crippen LogP contribution in [0.25, 0.3) is 0 Å². The lowest BCUT2D eigenvalue weighted by Gasteiger charge is -2.18. The molecule has 0 spiro atoms. The second-order valence-corrected chi connectivity index (χ2v) is 21.3. The molecule has 0 radical (unpaired) electrons. The van der Waals surface area contributed by atoms with Gasteiger partial charge in [0.15, 0.2) is 6.10 Å². The largest absolute Gasteiger partial charge is 0.462 e. The lowest BCUT2D eigenvalue weighted by atomic mass is 10.0. The van der Waals surface area contributed by atoms with Gasteiger partial charge >= 0.3 is 17.9 Å². The van der Waals surface area contributed by atoms with Gasteiger partial charge in [0.25, 0.3) is 0 Å². The topological polar surface area (TPSA) is 78.9 Å². The third-order valence-electron chi connectivity index (χ3n) is 13.9. The number of ether oxygens (including phenoxy) is 3. The molecule has 0 aliphatic carbocycles. The lowest BCUT2D eigenvalue weighted by Crippen LogP contribution is -2.30. The van der Waals surface area contributed by atoms with Crippen LogP contribution in [0, 0.1) is 0 Å². The van der Waals surface area contributed by atoms with Crippen molar-refractivity contribution in [3.8, 4) is 0 Å². The zero-order valence-corrected chi connectivity index (χ0v) is 49.6. The molecule has 0 heterocycles. The van der Waals surface area contributed by atoms with Crippen LogP contribution in [0.15, 0.2) is 85.1 Å². The summed E-state index contributed by atoms with van der Waals surface area (Å²) in [6, 6.07) is 0. The molecule has 0 aromatic carbocycles. The van der Waals surface area contributed by atoms with Crippen molar-refractivity contribution in [1.29, 1.82) is 0 Å². The maximum atomic E-state index is 12.8. The van der Waals surface area contributed by atoms with Gasteiger partial charge < -0.3 is 14.2 Å². The number of carbonyl (C=O) groups excluding carboxylic acids is 3. The summed E-state index contributed by atoms with van der Waals surface area (Å²) in [5.41, 5.74) is 0. The van der Waals surface area contributed by atoms with Gasteiger partial charge in [0, 0.05) is 19.3 Å². The van der Waals surface area contributed by atoms with Crippen LogP contribution in [0.3, 0.4) is 0 Å². The van der Waals surface area contributed by atoms with Crippen molar-refractivity contribution in [3.05, 3.63) is 85.1 Å². The van der Waals surface area contributed by atoms with Gasteiger partial charge in [0.2, 0.25) is 0 Å². The molecular formula is C69H120O6. The van der Waals surface area contributed by atoms with Crippen molar-refractivity contribution < 1.29 is 28.6 Å². The van der Waals surface area contributed by atoms with Gasteiger partial charge in [-0.2, -0.15) is 0 Å². The van der Waals surface area contributed by atoms with E-state index < -0.39 is 6.10 Å². The number of rotatable bonds is 58. The highest BCUT2D eigenvalue weighted by molar-refractivity contribution is 5.71. The molecule has 0 rings (SSSR count). The molecule has 0 amide bonds. The normalized spacial score (nSPS) is 12.6. The highest BCUT2D eigenvalue weighted by Crippen LogP contribution is 2.16. The maximum Gasteiger partial charge on any atom is 0.306 e. The number of esters is 3. The number of allylic oxidation sites excluding steroid dienone is 14. The van der Waals surface area contributed by atoms with Crippen LogP contribution >= 0.6 is 0 Å². The van der Waals surface area contributed by atoms with Gasteiger partial charge in [-0.1, -0.05) is 286 Å². The molecule has 75 heavy (non-hydrogen) atoms. The second kappa shape index (κ2) is 63.1. The number of hydrogen-bond acceptors (Lipinski definition) is 6. The summed E-state index contributed by atoms with van der Waals surface area (Å²) in [6.07, 6.45) is 83.2. The van der Waals surface area contributed by atoms with Crippen LogP contribution in [-0.2, 0) is 28.6 Å². The average molecular weight is 1050 g/mol. The first-order valence-electron chi connectivity index (χ1n) is 32.1. The van der Waals surface area contributed by atoms with Crippen molar-refractivity contribution in [2.24, 2.45) is 0 Å². The van der Waals surface area contributed by atoms with Crippen LogP contribution < -0.4 is 0 Å². The Labute approximate surface area is 465 Å². The standard InChI is InChI=1S/C69H120O6/c1-4-7-10-13-16-19-22-24-26-27-28-29-30-31-32-33-34-35-36-37-38-39-40-41-42-43-44-46-47-50-53-56-59-62-68(71)74-65-66(64-73-67(70)61-58-55-52-49-21-18-15-12-9-6-3)75-69(72)63-60-57-54-51-48-45-25-23-20-17-14-11-8-5-2/h7,10,16,19,23-26,28-29,31-32,34-35,66H,4-6,8-9,11-15,17-18,20-22,27,30,33,36-65H2,1-3H3/b10-7-,19-16-,25-23-,26-24-,29-28-,32-31-,35-34-. The van der Waals surface area contributed by atoms with E-state index in [1.165, 1.54) is 167 Å². The smallest absolute Gasteiger partial charge is 0.306 e. The minimum absolute atomic E-state index is 0.0752. The lowest BCUT2D eigenvalue weighted by molar-refractivity contribution is -0.167. The molecule has 1 unspecified atom stereocenters. The molecule has 0 bridgehead atoms. The Morgan fingerprint density at radius 1 is 0.280 bits per heavy atom. The summed E-state index contributed by atoms with van der Waals surface area (Å²) in [7, 11) is 0. The fourth-order valence-corrected chi connectivity index (χ4v) is 9.09. The summed E-state index contributed by atoms with van der Waals surface area (Å²) >= 11 is 0. The minimum Gasteiger partial charge on any atom is -0.462 e. The van der Waals surface area contributed by atoms with E-state index in [2.05, 4.69) is 106 Å². The Balaban J connectivity index is 4.11. The molecule has 432 valence electrons. The molecule has 0 saturated carbocycles. The monoisotopic (exact) mass is 1040 g/mol. The molecule has 1 atom stereocenters. The summed E-state index contributed by atoms with van der Waals surface area (Å²) in [6.45, 7) is 6.52. The fourth-order valence-electron chi connectivity index (χ4n) is 9.09. The first-order valence-corrected chi connectivity index (χ1v) is 32.1. The quantitative estimate of drug-likeness (QED) is 0.0261. The van der Waals surface area contributed by atoms with E-state index in [-0.39, 0.29) is 31.1 Å². The van der Waals surface area contributed by atoms with Crippen LogP contribution in [0.4, 0.5) is 0 Å². The maximum absolute atomic E-state index is 12.8. The predicted octanol–water partition coefficient (Wildman–Crippen LogP) is 21.9. The number of unbranched alkanes of at least 4 members (excludes halogenated alkanes) is 33. The van der Waals surface area contributed by atoms with Crippen LogP contribution in [0.2, 0.25) is 0 Å². The zero-order valence-electron chi connectivity index (χ0n) is 49.6. The van der Waals surface area contributed by atoms with E-state index in [1.54, 1.807) is 0 Å². The van der Waals surface area contributed by atoms with Crippen molar-refractivity contribution in [1.82, 2.24) is 0 Å². The SMILES string of the molecule is CC/C=C\C/C=C\C/C=C\C/C=C\C/C=C\C/C=C\CCCCCCCCCCCCCCCCC(=O)OCC(COC(=O)CCCCCCCCCCCC)OC(=O)CCCCCCC/C=C\CCCCCCC. The van der Waals surface area contributed by atoms with Crippen LogP contribution in [0.5, 0.6) is 0 Å². The number of carbonyl (C=O) groups is 3. The first kappa shape index (κ1) is 71.6. The first-order chi connectivity index (χ1) is 37.0. The molecule has 0 fully saturated rings. The average Bonchev–Trinajstić information content (AvgIpc) is 3.41. The highest BCUT2D eigenvalue weighted by Gasteiger charge is 2.19. The summed E-state index contributed by atoms with van der Waals surface area (Å²) in [5.74, 6) is -0.874. The van der Waals surface area contributed by atoms with Gasteiger partial charge in [-0.15, -0.1) is 0 Å². The van der Waals surface area contributed by atoms with Crippen molar-refractivity contribution >= 4 is 17.9 Å². The van der Waals surface area contributed by atoms with Crippen molar-refractivity contribution in [2.75, 3.05) is 13.2 Å². The molecule has 6 heteroatoms. The van der Waals surface area contributed by atoms with Gasteiger partial charge in [-0.25, -0.2) is 0 Å². The molecular weight excluding hydrogens is 925 g/mol. The highest BCUT2D eigenvalue weighted by atomic mass is 16.6. The van der Waals surface area contributed by atoms with Gasteiger partial charge in [-0.05, 0) is 96.3 Å². The van der Waals surface area contributed by atoms with E-state index in [9.17, 15) is 14.4 Å². The van der Waals surface area contributed by atoms with E-state index in [0.29, 0.717) is 19.3 Å². The summed E-state index contributed by atoms with van der Waals surface area (Å²) in [4.78, 5) is 38.1. The summed E-state index contributed by atoms with van der Waals surface area (Å²) < 4.78 is 16.9. The van der Waals surface area contributed by atoms with Crippen molar-refractivity contribution in [3.63, 3.8) is 0 Å². The Morgan fingerprint density at radius 3 is 0.827 bits per heavy atom. The molecule has 0 N–H and O–H groups in total. The van der Waals surface area contributed by atoms with E-state index in [4.69, 9.17) is 14.2 Å². The molecule has 0 aliphatic rings. The molecule has 0 saturated heterocycles. The Morgan fingerprint density at radius 2 is 0.520 bits per heavy atom. The Kier molecular flexibility index (Phi) is 60.3. The van der Waals surface area contributed by atoms with E-state index >= 15 is 0 Å². The molecule has 0 aromatic heterocycles. The van der Waals surface area contributed by atoms with Crippen LogP contribution in [0.1, 0.15) is 316 Å². The predicted molar refractivity (Wildman–Crippen MR) is 325 cm³/mol. The minimum atomic E-state index is -0.777. The molecule has 0 aromatic rings. The summed E-state index contributed by atoms with van der Waals surface area (Å²) in [5, 5.41) is 0. The van der Waals surface area contributed by atoms with Crippen LogP contribution in [-0.4, -0.2) is 37.2 Å². The number of hydrogen-bond donors (Lipinski definition) is 0. The van der Waals surface area contributed by atoms with Gasteiger partial charge in [0.05, 0.1) is 0 Å². The van der Waals surface area contributed by atoms with Gasteiger partial charge in [-0.3, -0.25) is 14.4 Å². The zero-order chi connectivity index (χ0) is 54.3. The van der Waals surface area contributed by atoms with E-state index in [0.717, 1.165) is 109 Å². The third-order valence-corrected chi connectivity index (χ3v) is 13.9. The third kappa shape index (κ3) is 61.3. The Hall–Kier alpha value is -3.41. The second-order valence-electron chi connectivity index (χ2n) is 21.3. The Bertz CT molecular complexity index is 1430. The van der Waals surface area contributed by atoms with Crippen molar-refractivity contribution in [2.45, 2.75) is 322 Å².